The van der Waals surface area contributed by atoms with Crippen LogP contribution in [0.1, 0.15) is 69.8 Å². The zero-order valence-electron chi connectivity index (χ0n) is 17.5. The van der Waals surface area contributed by atoms with Crippen molar-refractivity contribution in [2.75, 3.05) is 12.4 Å². The van der Waals surface area contributed by atoms with Crippen molar-refractivity contribution in [1.29, 1.82) is 0 Å². The number of benzene rings is 1. The molecule has 4 bridgehead atoms. The van der Waals surface area contributed by atoms with Crippen molar-refractivity contribution >= 4 is 28.8 Å². The fraction of sp³-hybridized carbons (Fsp3) is 0.720. The summed E-state index contributed by atoms with van der Waals surface area (Å²) in [5.41, 5.74) is 8.09. The Balaban J connectivity index is 1.41. The van der Waals surface area contributed by atoms with E-state index >= 15 is 0 Å². The molecule has 4 unspecified atom stereocenters. The van der Waals surface area contributed by atoms with Gasteiger partial charge in [-0.2, -0.15) is 0 Å². The van der Waals surface area contributed by atoms with E-state index in [4.69, 9.17) is 29.6 Å². The minimum atomic E-state index is 0.143. The Morgan fingerprint density at radius 1 is 1.03 bits per heavy atom. The number of thiocarbonyl (C=S) groups is 1. The van der Waals surface area contributed by atoms with Crippen molar-refractivity contribution < 1.29 is 0 Å². The van der Waals surface area contributed by atoms with Gasteiger partial charge in [0.1, 0.15) is 0 Å². The topological polar surface area (TPSA) is 38.0 Å². The van der Waals surface area contributed by atoms with E-state index in [1.165, 1.54) is 69.8 Å². The van der Waals surface area contributed by atoms with Gasteiger partial charge in [-0.3, -0.25) is 0 Å². The van der Waals surface area contributed by atoms with Gasteiger partial charge in [-0.25, -0.2) is 0 Å². The van der Waals surface area contributed by atoms with Gasteiger partial charge in [-0.05, 0) is 99.0 Å². The zero-order valence-corrected chi connectivity index (χ0v) is 19.0. The number of nitrogens with one attached hydrogen (secondary N) is 1. The first-order valence-electron chi connectivity index (χ1n) is 11.6. The van der Waals surface area contributed by atoms with Gasteiger partial charge in [0.2, 0.25) is 0 Å². The second-order valence-electron chi connectivity index (χ2n) is 11.0. The van der Waals surface area contributed by atoms with Crippen LogP contribution in [0.3, 0.4) is 0 Å². The second kappa shape index (κ2) is 7.50. The van der Waals surface area contributed by atoms with Crippen LogP contribution in [-0.2, 0) is 5.41 Å². The standard InChI is InChI=1S/C25H35ClN2S/c26-17-23-10-19-11-24(14-23,20-4-2-1-3-5-20)16-25(12-19,15-23)22(29)28-21-8-6-18(13-27)7-9-21/h1-5,18-19,21H,6-17,27H2,(H,28,29)/t18-,19?,21-,23?,24?,25?. The SMILES string of the molecule is NC[C@H]1CC[C@H](NC(=S)C23CC4CC(CCl)(C2)CC(c2ccccc2)(C4)C3)CC1. The first-order chi connectivity index (χ1) is 14.0. The maximum atomic E-state index is 6.69. The van der Waals surface area contributed by atoms with Crippen molar-refractivity contribution in [3.05, 3.63) is 35.9 Å². The molecule has 0 saturated heterocycles. The summed E-state index contributed by atoms with van der Waals surface area (Å²) in [6.45, 7) is 0.834. The fourth-order valence-corrected chi connectivity index (χ4v) is 8.73. The summed E-state index contributed by atoms with van der Waals surface area (Å²) in [7, 11) is 0. The molecule has 3 N–H and O–H groups in total. The molecule has 1 aromatic rings. The molecule has 158 valence electrons. The summed E-state index contributed by atoms with van der Waals surface area (Å²) in [6.07, 6.45) is 12.5. The molecular weight excluding hydrogens is 396 g/mol. The monoisotopic (exact) mass is 430 g/mol. The summed E-state index contributed by atoms with van der Waals surface area (Å²) in [5.74, 6) is 2.25. The zero-order chi connectivity index (χ0) is 20.1. The lowest BCUT2D eigenvalue weighted by Gasteiger charge is -2.67. The molecule has 0 amide bonds. The minimum Gasteiger partial charge on any atom is -0.376 e. The lowest BCUT2D eigenvalue weighted by molar-refractivity contribution is -0.0856. The van der Waals surface area contributed by atoms with Crippen molar-refractivity contribution in [2.45, 2.75) is 75.7 Å². The molecule has 4 heteroatoms. The van der Waals surface area contributed by atoms with Crippen LogP contribution in [0.2, 0.25) is 0 Å². The van der Waals surface area contributed by atoms with E-state index in [0.29, 0.717) is 12.0 Å². The minimum absolute atomic E-state index is 0.143. The van der Waals surface area contributed by atoms with Crippen molar-refractivity contribution in [2.24, 2.45) is 28.4 Å². The van der Waals surface area contributed by atoms with Gasteiger partial charge in [-0.1, -0.05) is 42.5 Å². The fourth-order valence-electron chi connectivity index (χ4n) is 8.03. The maximum absolute atomic E-state index is 6.69. The van der Waals surface area contributed by atoms with Crippen LogP contribution in [0.15, 0.2) is 30.3 Å². The molecule has 5 fully saturated rings. The molecule has 6 rings (SSSR count). The number of alkyl halides is 1. The molecule has 0 radical (unpaired) electrons. The Kier molecular flexibility index (Phi) is 5.24. The van der Waals surface area contributed by atoms with Crippen LogP contribution in [0, 0.1) is 22.7 Å². The summed E-state index contributed by atoms with van der Waals surface area (Å²) >= 11 is 12.9. The van der Waals surface area contributed by atoms with Crippen LogP contribution in [0.25, 0.3) is 0 Å². The highest BCUT2D eigenvalue weighted by Crippen LogP contribution is 2.70. The Morgan fingerprint density at radius 2 is 1.79 bits per heavy atom. The number of hydrogen-bond donors (Lipinski definition) is 2. The van der Waals surface area contributed by atoms with E-state index in [1.807, 2.05) is 0 Å². The van der Waals surface area contributed by atoms with Crippen LogP contribution in [-0.4, -0.2) is 23.5 Å². The van der Waals surface area contributed by atoms with Gasteiger partial charge in [0.15, 0.2) is 0 Å². The molecule has 2 nitrogen and oxygen atoms in total. The first kappa shape index (κ1) is 20.3. The molecule has 5 aliphatic rings. The predicted octanol–water partition coefficient (Wildman–Crippen LogP) is 5.57. The molecule has 0 spiro atoms. The summed E-state index contributed by atoms with van der Waals surface area (Å²) < 4.78 is 0. The van der Waals surface area contributed by atoms with Crippen LogP contribution in [0.5, 0.6) is 0 Å². The third-order valence-electron chi connectivity index (χ3n) is 8.85. The van der Waals surface area contributed by atoms with Gasteiger partial charge in [0.05, 0.1) is 4.99 Å². The number of rotatable bonds is 5. The number of halogens is 1. The second-order valence-corrected chi connectivity index (χ2v) is 11.7. The van der Waals surface area contributed by atoms with Gasteiger partial charge < -0.3 is 11.1 Å². The Bertz CT molecular complexity index is 761. The van der Waals surface area contributed by atoms with E-state index in [-0.39, 0.29) is 16.2 Å². The quantitative estimate of drug-likeness (QED) is 0.473. The van der Waals surface area contributed by atoms with Crippen molar-refractivity contribution in [3.63, 3.8) is 0 Å². The summed E-state index contributed by atoms with van der Waals surface area (Å²) in [5, 5.41) is 3.88. The van der Waals surface area contributed by atoms with Gasteiger partial charge in [-0.15, -0.1) is 11.6 Å². The molecule has 4 atom stereocenters. The number of hydrogen-bond acceptors (Lipinski definition) is 2. The molecule has 5 saturated carbocycles. The van der Waals surface area contributed by atoms with Crippen molar-refractivity contribution in [3.8, 4) is 0 Å². The molecule has 5 aliphatic carbocycles. The largest absolute Gasteiger partial charge is 0.376 e. The first-order valence-corrected chi connectivity index (χ1v) is 12.6. The lowest BCUT2D eigenvalue weighted by Crippen LogP contribution is -2.63. The van der Waals surface area contributed by atoms with E-state index in [2.05, 4.69) is 35.6 Å². The highest BCUT2D eigenvalue weighted by atomic mass is 35.5. The van der Waals surface area contributed by atoms with Crippen molar-refractivity contribution in [1.82, 2.24) is 5.32 Å². The van der Waals surface area contributed by atoms with Crippen LogP contribution < -0.4 is 11.1 Å². The van der Waals surface area contributed by atoms with Gasteiger partial charge >= 0.3 is 0 Å². The smallest absolute Gasteiger partial charge is 0.0818 e. The average molecular weight is 431 g/mol. The molecule has 0 heterocycles. The number of nitrogens with two attached hydrogens (primary N) is 1. The Hall–Kier alpha value is -0.640. The molecule has 0 aliphatic heterocycles. The van der Waals surface area contributed by atoms with E-state index in [9.17, 15) is 0 Å². The van der Waals surface area contributed by atoms with Crippen LogP contribution >= 0.6 is 23.8 Å². The third-order valence-corrected chi connectivity index (χ3v) is 9.97. The Morgan fingerprint density at radius 3 is 2.48 bits per heavy atom. The highest BCUT2D eigenvalue weighted by Gasteiger charge is 2.64. The molecule has 29 heavy (non-hydrogen) atoms. The van der Waals surface area contributed by atoms with E-state index < -0.39 is 0 Å². The summed E-state index contributed by atoms with van der Waals surface area (Å²) in [4.78, 5) is 1.16. The average Bonchev–Trinajstić information content (AvgIpc) is 2.74. The summed E-state index contributed by atoms with van der Waals surface area (Å²) in [6, 6.07) is 11.8. The van der Waals surface area contributed by atoms with E-state index in [1.54, 1.807) is 0 Å². The van der Waals surface area contributed by atoms with Gasteiger partial charge in [0.25, 0.3) is 0 Å². The lowest BCUT2D eigenvalue weighted by atomic mass is 9.38. The predicted molar refractivity (Wildman–Crippen MR) is 125 cm³/mol. The maximum Gasteiger partial charge on any atom is 0.0818 e. The highest BCUT2D eigenvalue weighted by molar-refractivity contribution is 7.80. The normalized spacial score (nSPS) is 43.3. The molecule has 0 aromatic heterocycles. The molecular formula is C25H35ClN2S. The van der Waals surface area contributed by atoms with Crippen LogP contribution in [0.4, 0.5) is 0 Å². The Labute approximate surface area is 186 Å². The molecule has 1 aromatic carbocycles. The van der Waals surface area contributed by atoms with E-state index in [0.717, 1.165) is 23.3 Å². The van der Waals surface area contributed by atoms with Gasteiger partial charge in [0, 0.05) is 17.3 Å². The third kappa shape index (κ3) is 3.46.